The number of hydrogen-bond donors (Lipinski definition) is 1. The second kappa shape index (κ2) is 9.74. The third kappa shape index (κ3) is 5.06. The van der Waals surface area contributed by atoms with E-state index in [1.807, 2.05) is 62.4 Å². The van der Waals surface area contributed by atoms with Crippen molar-refractivity contribution in [3.8, 4) is 17.2 Å². The van der Waals surface area contributed by atoms with Gasteiger partial charge in [-0.2, -0.15) is 0 Å². The summed E-state index contributed by atoms with van der Waals surface area (Å²) in [7, 11) is 3.40. The van der Waals surface area contributed by atoms with Crippen molar-refractivity contribution in [2.75, 3.05) is 19.4 Å². The Morgan fingerprint density at radius 3 is 2.53 bits per heavy atom. The first-order valence-electron chi connectivity index (χ1n) is 10.9. The molecular weight excluding hydrogens is 430 g/mol. The quantitative estimate of drug-likeness (QED) is 0.416. The van der Waals surface area contributed by atoms with Gasteiger partial charge in [-0.1, -0.05) is 6.07 Å². The van der Waals surface area contributed by atoms with Crippen molar-refractivity contribution in [2.45, 2.75) is 26.9 Å². The van der Waals surface area contributed by atoms with E-state index >= 15 is 0 Å². The largest absolute Gasteiger partial charge is 0.480 e. The molecule has 0 saturated heterocycles. The van der Waals surface area contributed by atoms with Crippen LogP contribution in [-0.4, -0.2) is 46.0 Å². The van der Waals surface area contributed by atoms with Gasteiger partial charge in [-0.15, -0.1) is 0 Å². The van der Waals surface area contributed by atoms with Crippen LogP contribution >= 0.6 is 0 Å². The van der Waals surface area contributed by atoms with E-state index in [2.05, 4.69) is 20.3 Å². The van der Waals surface area contributed by atoms with Crippen LogP contribution < -0.4 is 14.8 Å². The van der Waals surface area contributed by atoms with Crippen LogP contribution in [0.3, 0.4) is 0 Å². The summed E-state index contributed by atoms with van der Waals surface area (Å²) >= 11 is 0. The van der Waals surface area contributed by atoms with Crippen molar-refractivity contribution < 1.29 is 14.3 Å². The molecule has 0 bridgehead atoms. The van der Waals surface area contributed by atoms with Gasteiger partial charge < -0.3 is 19.7 Å². The Bertz CT molecular complexity index is 1320. The highest BCUT2D eigenvalue weighted by Crippen LogP contribution is 2.34. The second-order valence-electron chi connectivity index (χ2n) is 8.21. The topological polar surface area (TPSA) is 89.5 Å². The molecule has 34 heavy (non-hydrogen) atoms. The number of fused-ring (bicyclic) bond motifs is 1. The number of nitrogens with one attached hydrogen (secondary N) is 1. The first-order chi connectivity index (χ1) is 16.3. The molecule has 0 saturated carbocycles. The van der Waals surface area contributed by atoms with E-state index in [0.717, 1.165) is 22.7 Å². The number of hydrogen-bond acceptors (Lipinski definition) is 7. The molecular formula is C26H27N5O3. The van der Waals surface area contributed by atoms with Gasteiger partial charge in [-0.05, 0) is 68.8 Å². The van der Waals surface area contributed by atoms with Crippen molar-refractivity contribution in [1.29, 1.82) is 0 Å². The number of aromatic nitrogens is 3. The predicted molar refractivity (Wildman–Crippen MR) is 132 cm³/mol. The Balaban J connectivity index is 1.61. The second-order valence-corrected chi connectivity index (χ2v) is 8.21. The van der Waals surface area contributed by atoms with E-state index in [0.29, 0.717) is 28.2 Å². The summed E-state index contributed by atoms with van der Waals surface area (Å²) in [6, 6.07) is 15.1. The number of pyridine rings is 1. The molecule has 1 N–H and O–H groups in total. The highest BCUT2D eigenvalue weighted by molar-refractivity contribution is 5.96. The predicted octanol–water partition coefficient (Wildman–Crippen LogP) is 5.03. The van der Waals surface area contributed by atoms with Crippen LogP contribution in [-0.2, 0) is 4.79 Å². The van der Waals surface area contributed by atoms with E-state index in [-0.39, 0.29) is 5.91 Å². The number of benzene rings is 2. The number of ether oxygens (including phenoxy) is 2. The smallest absolute Gasteiger partial charge is 0.262 e. The van der Waals surface area contributed by atoms with Gasteiger partial charge in [-0.3, -0.25) is 9.78 Å². The first-order valence-corrected chi connectivity index (χ1v) is 10.9. The number of carbonyl (C=O) groups is 1. The van der Waals surface area contributed by atoms with Gasteiger partial charge in [0.15, 0.2) is 6.10 Å². The van der Waals surface area contributed by atoms with Gasteiger partial charge in [0.25, 0.3) is 5.91 Å². The highest BCUT2D eigenvalue weighted by Gasteiger charge is 2.19. The number of carbonyl (C=O) groups excluding carboxylic acids is 1. The SMILES string of the molecule is Cc1ccc(Oc2ccc(Nc3ncnc4cccc(O[C@@H](C)C(=O)N(C)C)c34)cc2C)cn1. The lowest BCUT2D eigenvalue weighted by Gasteiger charge is -2.20. The number of rotatable bonds is 7. The lowest BCUT2D eigenvalue weighted by molar-refractivity contribution is -0.135. The van der Waals surface area contributed by atoms with Crippen molar-refractivity contribution in [3.05, 3.63) is 72.3 Å². The third-order valence-corrected chi connectivity index (χ3v) is 5.27. The van der Waals surface area contributed by atoms with E-state index < -0.39 is 6.10 Å². The monoisotopic (exact) mass is 457 g/mol. The zero-order valence-electron chi connectivity index (χ0n) is 19.9. The average Bonchev–Trinajstić information content (AvgIpc) is 2.82. The van der Waals surface area contributed by atoms with Crippen LogP contribution in [0.1, 0.15) is 18.2 Å². The summed E-state index contributed by atoms with van der Waals surface area (Å²) in [6.07, 6.45) is 2.55. The summed E-state index contributed by atoms with van der Waals surface area (Å²) < 4.78 is 12.0. The number of amides is 1. The maximum Gasteiger partial charge on any atom is 0.262 e. The molecule has 2 aromatic carbocycles. The van der Waals surface area contributed by atoms with Crippen molar-refractivity contribution in [2.24, 2.45) is 0 Å². The van der Waals surface area contributed by atoms with Crippen molar-refractivity contribution in [3.63, 3.8) is 0 Å². The Kier molecular flexibility index (Phi) is 6.58. The number of aryl methyl sites for hydroxylation is 2. The Morgan fingerprint density at radius 1 is 1.00 bits per heavy atom. The lowest BCUT2D eigenvalue weighted by atomic mass is 10.1. The average molecular weight is 458 g/mol. The molecule has 0 radical (unpaired) electrons. The third-order valence-electron chi connectivity index (χ3n) is 5.27. The minimum absolute atomic E-state index is 0.127. The summed E-state index contributed by atoms with van der Waals surface area (Å²) in [4.78, 5) is 26.9. The minimum Gasteiger partial charge on any atom is -0.480 e. The van der Waals surface area contributed by atoms with Crippen LogP contribution in [0.5, 0.6) is 17.2 Å². The van der Waals surface area contributed by atoms with Crippen LogP contribution in [0, 0.1) is 13.8 Å². The molecule has 0 aliphatic rings. The van der Waals surface area contributed by atoms with Crippen LogP contribution in [0.25, 0.3) is 10.9 Å². The van der Waals surface area contributed by atoms with E-state index in [1.54, 1.807) is 27.2 Å². The molecule has 1 amide bonds. The molecule has 1 atom stereocenters. The first kappa shape index (κ1) is 23.0. The van der Waals surface area contributed by atoms with Gasteiger partial charge >= 0.3 is 0 Å². The van der Waals surface area contributed by atoms with Crippen molar-refractivity contribution in [1.82, 2.24) is 19.9 Å². The fraction of sp³-hybridized carbons (Fsp3) is 0.231. The maximum absolute atomic E-state index is 12.3. The highest BCUT2D eigenvalue weighted by atomic mass is 16.5. The molecule has 174 valence electrons. The summed E-state index contributed by atoms with van der Waals surface area (Å²) in [6.45, 7) is 5.64. The molecule has 8 heteroatoms. The fourth-order valence-electron chi connectivity index (χ4n) is 3.50. The minimum atomic E-state index is -0.649. The standard InChI is InChI=1S/C26H27N5O3/c1-16-13-19(10-12-22(16)34-20-11-9-17(2)27-14-20)30-25-24-21(28-15-29-25)7-6-8-23(24)33-18(3)26(32)31(4)5/h6-15,18H,1-5H3,(H,28,29,30)/t18-/m0/s1. The molecule has 0 fully saturated rings. The molecule has 4 rings (SSSR count). The maximum atomic E-state index is 12.3. The number of anilines is 2. The van der Waals surface area contributed by atoms with E-state index in [1.165, 1.54) is 11.2 Å². The molecule has 2 heterocycles. The number of nitrogens with zero attached hydrogens (tertiary/aromatic N) is 4. The van der Waals surface area contributed by atoms with Gasteiger partial charge in [0, 0.05) is 25.5 Å². The molecule has 2 aromatic heterocycles. The molecule has 4 aromatic rings. The van der Waals surface area contributed by atoms with Gasteiger partial charge in [-0.25, -0.2) is 9.97 Å². The Morgan fingerprint density at radius 2 is 1.82 bits per heavy atom. The van der Waals surface area contributed by atoms with Crippen LogP contribution in [0.15, 0.2) is 61.1 Å². The number of likely N-dealkylation sites (N-methyl/N-ethyl adjacent to an activating group) is 1. The molecule has 0 spiro atoms. The summed E-state index contributed by atoms with van der Waals surface area (Å²) in [5, 5.41) is 4.06. The zero-order chi connectivity index (χ0) is 24.2. The van der Waals surface area contributed by atoms with Gasteiger partial charge in [0.2, 0.25) is 0 Å². The van der Waals surface area contributed by atoms with Crippen LogP contribution in [0.4, 0.5) is 11.5 Å². The molecule has 0 unspecified atom stereocenters. The fourth-order valence-corrected chi connectivity index (χ4v) is 3.50. The van der Waals surface area contributed by atoms with Gasteiger partial charge in [0.05, 0.1) is 17.1 Å². The summed E-state index contributed by atoms with van der Waals surface area (Å²) in [5.41, 5.74) is 3.43. The van der Waals surface area contributed by atoms with E-state index in [9.17, 15) is 4.79 Å². The lowest BCUT2D eigenvalue weighted by Crippen LogP contribution is -2.35. The van der Waals surface area contributed by atoms with E-state index in [4.69, 9.17) is 9.47 Å². The Hall–Kier alpha value is -4.20. The summed E-state index contributed by atoms with van der Waals surface area (Å²) in [5.74, 6) is 2.41. The molecule has 0 aliphatic carbocycles. The molecule has 8 nitrogen and oxygen atoms in total. The zero-order valence-corrected chi connectivity index (χ0v) is 19.9. The normalized spacial score (nSPS) is 11.7. The molecule has 0 aliphatic heterocycles. The van der Waals surface area contributed by atoms with Gasteiger partial charge in [0.1, 0.15) is 29.4 Å². The van der Waals surface area contributed by atoms with Crippen molar-refractivity contribution >= 4 is 28.3 Å². The Labute approximate surface area is 198 Å². The van der Waals surface area contributed by atoms with Crippen LogP contribution in [0.2, 0.25) is 0 Å².